The Bertz CT molecular complexity index is 1140. The SMILES string of the molecule is CC1=Cc2cc3ccc4ccccc4c3nc2Cc2ccccc21. The van der Waals surface area contributed by atoms with Gasteiger partial charge in [-0.05, 0) is 46.7 Å². The summed E-state index contributed by atoms with van der Waals surface area (Å²) in [5, 5.41) is 3.69. The first-order chi connectivity index (χ1) is 11.8. The standard InChI is InChI=1S/C23H17N/c1-15-12-19-13-18-11-10-16-6-2-5-9-21(16)23(18)24-22(19)14-17-7-3-4-8-20(15)17/h2-13H,14H2,1H3. The molecule has 0 saturated heterocycles. The molecule has 0 bridgehead atoms. The number of pyridine rings is 1. The summed E-state index contributed by atoms with van der Waals surface area (Å²) in [6.07, 6.45) is 3.17. The van der Waals surface area contributed by atoms with Crippen LogP contribution in [0, 0.1) is 0 Å². The number of allylic oxidation sites excluding steroid dienone is 1. The molecule has 3 aromatic carbocycles. The van der Waals surface area contributed by atoms with Gasteiger partial charge in [-0.1, -0.05) is 60.7 Å². The third-order valence-corrected chi connectivity index (χ3v) is 4.99. The van der Waals surface area contributed by atoms with E-state index in [0.29, 0.717) is 0 Å². The molecule has 1 heteroatoms. The van der Waals surface area contributed by atoms with Gasteiger partial charge in [-0.15, -0.1) is 0 Å². The van der Waals surface area contributed by atoms with Crippen LogP contribution in [-0.4, -0.2) is 4.98 Å². The predicted molar refractivity (Wildman–Crippen MR) is 102 cm³/mol. The van der Waals surface area contributed by atoms with Crippen molar-refractivity contribution in [3.63, 3.8) is 0 Å². The molecule has 0 unspecified atom stereocenters. The molecule has 114 valence electrons. The van der Waals surface area contributed by atoms with Crippen molar-refractivity contribution in [1.82, 2.24) is 4.98 Å². The molecule has 0 amide bonds. The molecular weight excluding hydrogens is 290 g/mol. The minimum Gasteiger partial charge on any atom is -0.251 e. The van der Waals surface area contributed by atoms with E-state index in [-0.39, 0.29) is 0 Å². The lowest BCUT2D eigenvalue weighted by Crippen LogP contribution is -1.97. The van der Waals surface area contributed by atoms with E-state index in [0.717, 1.165) is 11.9 Å². The molecule has 0 fully saturated rings. The van der Waals surface area contributed by atoms with Gasteiger partial charge < -0.3 is 0 Å². The first-order valence-corrected chi connectivity index (χ1v) is 8.37. The van der Waals surface area contributed by atoms with Crippen molar-refractivity contribution >= 4 is 33.3 Å². The lowest BCUT2D eigenvalue weighted by Gasteiger charge is -2.09. The molecule has 0 aliphatic heterocycles. The molecule has 0 spiro atoms. The number of aromatic nitrogens is 1. The van der Waals surface area contributed by atoms with Gasteiger partial charge in [-0.25, -0.2) is 0 Å². The molecule has 1 aromatic heterocycles. The Morgan fingerprint density at radius 1 is 0.833 bits per heavy atom. The summed E-state index contributed by atoms with van der Waals surface area (Å²) in [7, 11) is 0. The fraction of sp³-hybridized carbons (Fsp3) is 0.0870. The second kappa shape index (κ2) is 5.04. The summed E-state index contributed by atoms with van der Waals surface area (Å²) >= 11 is 0. The van der Waals surface area contributed by atoms with Crippen LogP contribution < -0.4 is 0 Å². The molecule has 4 aromatic rings. The van der Waals surface area contributed by atoms with Gasteiger partial charge in [0.1, 0.15) is 0 Å². The highest BCUT2D eigenvalue weighted by atomic mass is 14.7. The summed E-state index contributed by atoms with van der Waals surface area (Å²) in [5.41, 5.74) is 7.53. The molecule has 0 N–H and O–H groups in total. The molecule has 5 rings (SSSR count). The molecule has 0 saturated carbocycles. The van der Waals surface area contributed by atoms with Crippen LogP contribution >= 0.6 is 0 Å². The molecule has 24 heavy (non-hydrogen) atoms. The molecular formula is C23H17N. The minimum atomic E-state index is 0.887. The Morgan fingerprint density at radius 2 is 1.62 bits per heavy atom. The van der Waals surface area contributed by atoms with Gasteiger partial charge in [0, 0.05) is 17.2 Å². The van der Waals surface area contributed by atoms with Crippen LogP contribution in [0.15, 0.2) is 66.7 Å². The normalized spacial score (nSPS) is 13.3. The quantitative estimate of drug-likeness (QED) is 0.371. The third-order valence-electron chi connectivity index (χ3n) is 4.99. The summed E-state index contributed by atoms with van der Waals surface area (Å²) in [5.74, 6) is 0. The second-order valence-electron chi connectivity index (χ2n) is 6.54. The van der Waals surface area contributed by atoms with Crippen LogP contribution in [-0.2, 0) is 6.42 Å². The van der Waals surface area contributed by atoms with E-state index < -0.39 is 0 Å². The number of hydrogen-bond acceptors (Lipinski definition) is 1. The number of benzene rings is 3. The fourth-order valence-electron chi connectivity index (χ4n) is 3.78. The Morgan fingerprint density at radius 3 is 2.58 bits per heavy atom. The Kier molecular flexibility index (Phi) is 2.83. The smallest absolute Gasteiger partial charge is 0.0784 e. The van der Waals surface area contributed by atoms with Crippen molar-refractivity contribution in [1.29, 1.82) is 0 Å². The predicted octanol–water partition coefficient (Wildman–Crippen LogP) is 5.85. The molecule has 1 aliphatic rings. The lowest BCUT2D eigenvalue weighted by atomic mass is 10.00. The molecule has 1 heterocycles. The van der Waals surface area contributed by atoms with Crippen LogP contribution in [0.5, 0.6) is 0 Å². The zero-order valence-corrected chi connectivity index (χ0v) is 13.6. The van der Waals surface area contributed by atoms with E-state index in [4.69, 9.17) is 4.98 Å². The average Bonchev–Trinajstić information content (AvgIpc) is 2.75. The van der Waals surface area contributed by atoms with Crippen LogP contribution in [0.2, 0.25) is 0 Å². The highest BCUT2D eigenvalue weighted by Crippen LogP contribution is 2.32. The second-order valence-corrected chi connectivity index (χ2v) is 6.54. The van der Waals surface area contributed by atoms with Crippen LogP contribution in [0.3, 0.4) is 0 Å². The van der Waals surface area contributed by atoms with Gasteiger partial charge in [-0.3, -0.25) is 4.98 Å². The first kappa shape index (κ1) is 13.5. The molecule has 0 atom stereocenters. The van der Waals surface area contributed by atoms with Crippen LogP contribution in [0.25, 0.3) is 33.3 Å². The number of fused-ring (bicyclic) bond motifs is 5. The van der Waals surface area contributed by atoms with Crippen LogP contribution in [0.1, 0.15) is 29.3 Å². The zero-order chi connectivity index (χ0) is 16.1. The maximum absolute atomic E-state index is 5.09. The van der Waals surface area contributed by atoms with E-state index in [1.807, 2.05) is 0 Å². The fourth-order valence-corrected chi connectivity index (χ4v) is 3.78. The topological polar surface area (TPSA) is 12.9 Å². The summed E-state index contributed by atoms with van der Waals surface area (Å²) in [6, 6.07) is 23.8. The number of hydrogen-bond donors (Lipinski definition) is 0. The Balaban J connectivity index is 1.84. The Labute approximate surface area is 141 Å². The maximum atomic E-state index is 5.09. The van der Waals surface area contributed by atoms with Crippen molar-refractivity contribution < 1.29 is 0 Å². The van der Waals surface area contributed by atoms with Crippen molar-refractivity contribution in [2.45, 2.75) is 13.3 Å². The monoisotopic (exact) mass is 307 g/mol. The van der Waals surface area contributed by atoms with E-state index >= 15 is 0 Å². The minimum absolute atomic E-state index is 0.887. The first-order valence-electron chi connectivity index (χ1n) is 8.37. The van der Waals surface area contributed by atoms with Gasteiger partial charge in [0.15, 0.2) is 0 Å². The van der Waals surface area contributed by atoms with Gasteiger partial charge in [0.05, 0.1) is 11.2 Å². The molecule has 0 radical (unpaired) electrons. The molecule has 1 nitrogen and oxygen atoms in total. The maximum Gasteiger partial charge on any atom is 0.0784 e. The zero-order valence-electron chi connectivity index (χ0n) is 13.6. The van der Waals surface area contributed by atoms with Crippen molar-refractivity contribution in [3.8, 4) is 0 Å². The van der Waals surface area contributed by atoms with Crippen molar-refractivity contribution in [2.75, 3.05) is 0 Å². The molecule has 1 aliphatic carbocycles. The summed E-state index contributed by atoms with van der Waals surface area (Å²) < 4.78 is 0. The van der Waals surface area contributed by atoms with Crippen molar-refractivity contribution in [3.05, 3.63) is 89.1 Å². The number of nitrogens with zero attached hydrogens (tertiary/aromatic N) is 1. The number of rotatable bonds is 0. The van der Waals surface area contributed by atoms with E-state index in [9.17, 15) is 0 Å². The highest BCUT2D eigenvalue weighted by Gasteiger charge is 2.15. The van der Waals surface area contributed by atoms with Gasteiger partial charge in [0.25, 0.3) is 0 Å². The summed E-state index contributed by atoms with van der Waals surface area (Å²) in [6.45, 7) is 2.19. The van der Waals surface area contributed by atoms with Gasteiger partial charge >= 0.3 is 0 Å². The average molecular weight is 307 g/mol. The summed E-state index contributed by atoms with van der Waals surface area (Å²) in [4.78, 5) is 5.09. The van der Waals surface area contributed by atoms with Gasteiger partial charge in [0.2, 0.25) is 0 Å². The largest absolute Gasteiger partial charge is 0.251 e. The highest BCUT2D eigenvalue weighted by molar-refractivity contribution is 6.06. The van der Waals surface area contributed by atoms with E-state index in [1.54, 1.807) is 0 Å². The van der Waals surface area contributed by atoms with E-state index in [2.05, 4.69) is 79.7 Å². The van der Waals surface area contributed by atoms with Gasteiger partial charge in [-0.2, -0.15) is 0 Å². The van der Waals surface area contributed by atoms with Crippen molar-refractivity contribution in [2.24, 2.45) is 0 Å². The Hall–Kier alpha value is -2.93. The lowest BCUT2D eigenvalue weighted by molar-refractivity contribution is 1.09. The van der Waals surface area contributed by atoms with Crippen LogP contribution in [0.4, 0.5) is 0 Å². The third kappa shape index (κ3) is 1.98. The van der Waals surface area contributed by atoms with E-state index in [1.165, 1.54) is 44.1 Å².